The van der Waals surface area contributed by atoms with Crippen molar-refractivity contribution in [3.63, 3.8) is 0 Å². The molecule has 0 aliphatic heterocycles. The number of aliphatic carboxylic acids is 1. The third kappa shape index (κ3) is 1.63. The molecule has 0 unspecified atom stereocenters. The third-order valence-electron chi connectivity index (χ3n) is 2.17. The van der Waals surface area contributed by atoms with Gasteiger partial charge in [-0.25, -0.2) is 4.98 Å². The number of hydrogen-bond acceptors (Lipinski definition) is 3. The minimum Gasteiger partial charge on any atom is -0.480 e. The lowest BCUT2D eigenvalue weighted by Gasteiger charge is -2.04. The van der Waals surface area contributed by atoms with Gasteiger partial charge in [-0.2, -0.15) is 0 Å². The largest absolute Gasteiger partial charge is 0.480 e. The molecule has 0 fully saturated rings. The van der Waals surface area contributed by atoms with Gasteiger partial charge in [0.25, 0.3) is 0 Å². The fourth-order valence-corrected chi connectivity index (χ4v) is 1.56. The number of rotatable bonds is 3. The molecule has 5 heteroatoms. The summed E-state index contributed by atoms with van der Waals surface area (Å²) in [6.45, 7) is -0.0866. The Morgan fingerprint density at radius 1 is 1.53 bits per heavy atom. The summed E-state index contributed by atoms with van der Waals surface area (Å²) in [5, 5.41) is 11.7. The molecule has 1 aromatic heterocycles. The number of carbonyl (C=O) groups is 1. The standard InChI is InChI=1S/C10H11N3O2/c1-11-10-12-7-4-2-3-5-8(7)13(10)6-9(14)15/h2-5H,6H2,1H3,(H,11,12)(H,14,15). The highest BCUT2D eigenvalue weighted by Crippen LogP contribution is 2.18. The SMILES string of the molecule is CNc1nc2ccccc2n1CC(=O)O. The summed E-state index contributed by atoms with van der Waals surface area (Å²) in [5.41, 5.74) is 1.62. The number of benzene rings is 1. The number of fused-ring (bicyclic) bond motifs is 1. The van der Waals surface area contributed by atoms with Crippen LogP contribution in [0.3, 0.4) is 0 Å². The van der Waals surface area contributed by atoms with Crippen molar-refractivity contribution in [1.29, 1.82) is 0 Å². The second kappa shape index (κ2) is 3.61. The second-order valence-electron chi connectivity index (χ2n) is 3.15. The summed E-state index contributed by atoms with van der Waals surface area (Å²) in [7, 11) is 1.72. The number of aromatic nitrogens is 2. The topological polar surface area (TPSA) is 67.2 Å². The molecule has 2 aromatic rings. The number of carboxylic acid groups (broad SMARTS) is 1. The molecule has 2 rings (SSSR count). The van der Waals surface area contributed by atoms with Crippen molar-refractivity contribution in [3.05, 3.63) is 24.3 Å². The lowest BCUT2D eigenvalue weighted by Crippen LogP contribution is -2.11. The van der Waals surface area contributed by atoms with Crippen molar-refractivity contribution in [2.24, 2.45) is 0 Å². The van der Waals surface area contributed by atoms with E-state index in [2.05, 4.69) is 10.3 Å². The molecule has 0 aliphatic carbocycles. The Labute approximate surface area is 86.4 Å². The minimum absolute atomic E-state index is 0.0866. The number of para-hydroxylation sites is 2. The summed E-state index contributed by atoms with van der Waals surface area (Å²) in [6.07, 6.45) is 0. The highest BCUT2D eigenvalue weighted by atomic mass is 16.4. The Bertz CT molecular complexity index is 504. The molecule has 0 amide bonds. The Kier molecular flexibility index (Phi) is 2.29. The first-order chi connectivity index (χ1) is 7.22. The maximum Gasteiger partial charge on any atom is 0.323 e. The van der Waals surface area contributed by atoms with E-state index < -0.39 is 5.97 Å². The van der Waals surface area contributed by atoms with Crippen LogP contribution in [0.4, 0.5) is 5.95 Å². The van der Waals surface area contributed by atoms with Crippen molar-refractivity contribution in [2.75, 3.05) is 12.4 Å². The molecule has 0 atom stereocenters. The summed E-state index contributed by atoms with van der Waals surface area (Å²) >= 11 is 0. The first kappa shape index (κ1) is 9.51. The number of hydrogen-bond donors (Lipinski definition) is 2. The van der Waals surface area contributed by atoms with Crippen molar-refractivity contribution >= 4 is 23.0 Å². The molecule has 0 aliphatic rings. The highest BCUT2D eigenvalue weighted by Gasteiger charge is 2.10. The molecule has 0 bridgehead atoms. The monoisotopic (exact) mass is 205 g/mol. The van der Waals surface area contributed by atoms with Crippen LogP contribution in [0.5, 0.6) is 0 Å². The normalized spacial score (nSPS) is 10.5. The Morgan fingerprint density at radius 2 is 2.27 bits per heavy atom. The van der Waals surface area contributed by atoms with Crippen LogP contribution in [0.25, 0.3) is 11.0 Å². The summed E-state index contributed by atoms with van der Waals surface area (Å²) < 4.78 is 1.64. The van der Waals surface area contributed by atoms with E-state index in [-0.39, 0.29) is 6.54 Å². The maximum absolute atomic E-state index is 10.7. The fourth-order valence-electron chi connectivity index (χ4n) is 1.56. The Hall–Kier alpha value is -2.04. The number of carboxylic acids is 1. The van der Waals surface area contributed by atoms with Crippen LogP contribution in [0.1, 0.15) is 0 Å². The molecule has 1 aromatic carbocycles. The zero-order chi connectivity index (χ0) is 10.8. The van der Waals surface area contributed by atoms with E-state index >= 15 is 0 Å². The van der Waals surface area contributed by atoms with Crippen molar-refractivity contribution in [1.82, 2.24) is 9.55 Å². The van der Waals surface area contributed by atoms with Crippen LogP contribution in [0.15, 0.2) is 24.3 Å². The first-order valence-corrected chi connectivity index (χ1v) is 4.57. The van der Waals surface area contributed by atoms with Gasteiger partial charge in [-0.3, -0.25) is 9.36 Å². The van der Waals surface area contributed by atoms with Gasteiger partial charge in [0.15, 0.2) is 0 Å². The van der Waals surface area contributed by atoms with Gasteiger partial charge in [0, 0.05) is 7.05 Å². The summed E-state index contributed by atoms with van der Waals surface area (Å²) in [4.78, 5) is 15.0. The number of nitrogens with one attached hydrogen (secondary N) is 1. The molecule has 15 heavy (non-hydrogen) atoms. The number of imidazole rings is 1. The fraction of sp³-hybridized carbons (Fsp3) is 0.200. The summed E-state index contributed by atoms with van der Waals surface area (Å²) in [5.74, 6) is -0.312. The van der Waals surface area contributed by atoms with Crippen LogP contribution in [-0.4, -0.2) is 27.7 Å². The first-order valence-electron chi connectivity index (χ1n) is 4.57. The van der Waals surface area contributed by atoms with Gasteiger partial charge in [-0.05, 0) is 12.1 Å². The van der Waals surface area contributed by atoms with Crippen LogP contribution in [0, 0.1) is 0 Å². The molecule has 78 valence electrons. The predicted molar refractivity (Wildman–Crippen MR) is 56.9 cm³/mol. The van der Waals surface area contributed by atoms with Gasteiger partial charge < -0.3 is 10.4 Å². The zero-order valence-electron chi connectivity index (χ0n) is 8.27. The number of anilines is 1. The molecule has 0 radical (unpaired) electrons. The molecular formula is C10H11N3O2. The van der Waals surface area contributed by atoms with Crippen molar-refractivity contribution in [2.45, 2.75) is 6.54 Å². The lowest BCUT2D eigenvalue weighted by molar-refractivity contribution is -0.137. The molecule has 0 spiro atoms. The molecule has 5 nitrogen and oxygen atoms in total. The molecular weight excluding hydrogens is 194 g/mol. The van der Waals surface area contributed by atoms with Gasteiger partial charge in [-0.1, -0.05) is 12.1 Å². The lowest BCUT2D eigenvalue weighted by atomic mass is 10.3. The van der Waals surface area contributed by atoms with Crippen molar-refractivity contribution in [3.8, 4) is 0 Å². The van der Waals surface area contributed by atoms with E-state index in [1.54, 1.807) is 11.6 Å². The second-order valence-corrected chi connectivity index (χ2v) is 3.15. The maximum atomic E-state index is 10.7. The van der Waals surface area contributed by atoms with Crippen LogP contribution < -0.4 is 5.32 Å². The predicted octanol–water partition coefficient (Wildman–Crippen LogP) is 1.16. The quantitative estimate of drug-likeness (QED) is 0.789. The van der Waals surface area contributed by atoms with Crippen LogP contribution >= 0.6 is 0 Å². The van der Waals surface area contributed by atoms with E-state index in [0.717, 1.165) is 11.0 Å². The Morgan fingerprint density at radius 3 is 2.93 bits per heavy atom. The Balaban J connectivity index is 2.61. The molecule has 0 saturated carbocycles. The smallest absolute Gasteiger partial charge is 0.323 e. The van der Waals surface area contributed by atoms with Gasteiger partial charge in [0.1, 0.15) is 6.54 Å². The van der Waals surface area contributed by atoms with E-state index in [9.17, 15) is 4.79 Å². The molecule has 0 saturated heterocycles. The zero-order valence-corrected chi connectivity index (χ0v) is 8.27. The van der Waals surface area contributed by atoms with E-state index in [0.29, 0.717) is 5.95 Å². The van der Waals surface area contributed by atoms with Crippen LogP contribution in [0.2, 0.25) is 0 Å². The van der Waals surface area contributed by atoms with Gasteiger partial charge in [0.05, 0.1) is 11.0 Å². The van der Waals surface area contributed by atoms with E-state index in [4.69, 9.17) is 5.11 Å². The average Bonchev–Trinajstić information content (AvgIpc) is 2.56. The van der Waals surface area contributed by atoms with Crippen molar-refractivity contribution < 1.29 is 9.90 Å². The minimum atomic E-state index is -0.880. The van der Waals surface area contributed by atoms with E-state index in [1.165, 1.54) is 0 Å². The molecule has 1 heterocycles. The van der Waals surface area contributed by atoms with E-state index in [1.807, 2.05) is 24.3 Å². The highest BCUT2D eigenvalue weighted by molar-refractivity contribution is 5.80. The number of nitrogens with zero attached hydrogens (tertiary/aromatic N) is 2. The van der Waals surface area contributed by atoms with Crippen LogP contribution in [-0.2, 0) is 11.3 Å². The van der Waals surface area contributed by atoms with Gasteiger partial charge in [-0.15, -0.1) is 0 Å². The molecule has 2 N–H and O–H groups in total. The average molecular weight is 205 g/mol. The third-order valence-corrected chi connectivity index (χ3v) is 2.17. The summed E-state index contributed by atoms with van der Waals surface area (Å²) in [6, 6.07) is 7.45. The van der Waals surface area contributed by atoms with Gasteiger partial charge >= 0.3 is 5.97 Å². The van der Waals surface area contributed by atoms with Gasteiger partial charge in [0.2, 0.25) is 5.95 Å².